The Hall–Kier alpha value is -2.09. The molecule has 0 aliphatic heterocycles. The van der Waals surface area contributed by atoms with Gasteiger partial charge in [0, 0.05) is 13.0 Å². The van der Waals surface area contributed by atoms with Crippen molar-refractivity contribution in [2.45, 2.75) is 25.4 Å². The smallest absolute Gasteiger partial charge is 0.416 e. The Labute approximate surface area is 131 Å². The van der Waals surface area contributed by atoms with Gasteiger partial charge >= 0.3 is 12.1 Å². The second-order valence-electron chi connectivity index (χ2n) is 5.02. The highest BCUT2D eigenvalue weighted by atomic mass is 19.4. The van der Waals surface area contributed by atoms with Gasteiger partial charge in [0.2, 0.25) is 5.91 Å². The minimum absolute atomic E-state index is 0.0761. The number of nitrogens with one attached hydrogen (secondary N) is 1. The summed E-state index contributed by atoms with van der Waals surface area (Å²) in [5.41, 5.74) is -0.0937. The summed E-state index contributed by atoms with van der Waals surface area (Å²) in [5.74, 6) is -1.61. The van der Waals surface area contributed by atoms with Crippen molar-refractivity contribution in [2.75, 3.05) is 19.8 Å². The summed E-state index contributed by atoms with van der Waals surface area (Å²) in [6.45, 7) is 1.56. The van der Waals surface area contributed by atoms with Crippen LogP contribution in [-0.2, 0) is 20.5 Å². The van der Waals surface area contributed by atoms with Crippen molar-refractivity contribution in [1.82, 2.24) is 5.32 Å². The monoisotopic (exact) mass is 333 g/mol. The number of carbonyl (C=O) groups excluding carboxylic acids is 1. The van der Waals surface area contributed by atoms with Crippen LogP contribution in [0.25, 0.3) is 0 Å². The maximum absolute atomic E-state index is 12.5. The molecule has 1 unspecified atom stereocenters. The van der Waals surface area contributed by atoms with Crippen molar-refractivity contribution >= 4 is 11.9 Å². The summed E-state index contributed by atoms with van der Waals surface area (Å²) >= 11 is 0. The lowest BCUT2D eigenvalue weighted by Crippen LogP contribution is -2.28. The van der Waals surface area contributed by atoms with E-state index in [1.165, 1.54) is 12.1 Å². The van der Waals surface area contributed by atoms with E-state index in [4.69, 9.17) is 9.84 Å². The molecule has 0 aromatic heterocycles. The molecule has 0 radical (unpaired) electrons. The van der Waals surface area contributed by atoms with Crippen LogP contribution in [0.4, 0.5) is 13.2 Å². The third-order valence-corrected chi connectivity index (χ3v) is 3.09. The van der Waals surface area contributed by atoms with Crippen LogP contribution in [0.3, 0.4) is 0 Å². The molecule has 1 rings (SSSR count). The maximum atomic E-state index is 12.5. The van der Waals surface area contributed by atoms with E-state index in [1.54, 1.807) is 6.92 Å². The minimum Gasteiger partial charge on any atom is -0.480 e. The van der Waals surface area contributed by atoms with Gasteiger partial charge in [0.15, 0.2) is 0 Å². The molecule has 0 aliphatic carbocycles. The van der Waals surface area contributed by atoms with E-state index in [2.05, 4.69) is 5.32 Å². The lowest BCUT2D eigenvalue weighted by Gasteiger charge is -2.13. The number of amides is 1. The standard InChI is InChI=1S/C15H18F3NO4/c1-10(8-13(20)19-6-7-23-9-14(21)22)11-2-4-12(5-3-11)15(16,17)18/h2-5,10H,6-9H2,1H3,(H,19,20)(H,21,22). The molecular weight excluding hydrogens is 315 g/mol. The third-order valence-electron chi connectivity index (χ3n) is 3.09. The van der Waals surface area contributed by atoms with Gasteiger partial charge in [0.05, 0.1) is 12.2 Å². The average molecular weight is 333 g/mol. The zero-order chi connectivity index (χ0) is 17.5. The number of ether oxygens (including phenoxy) is 1. The number of carboxylic acids is 1. The van der Waals surface area contributed by atoms with Crippen molar-refractivity contribution in [3.8, 4) is 0 Å². The second-order valence-corrected chi connectivity index (χ2v) is 5.02. The van der Waals surface area contributed by atoms with Crippen molar-refractivity contribution in [1.29, 1.82) is 0 Å². The number of rotatable bonds is 8. The van der Waals surface area contributed by atoms with E-state index in [9.17, 15) is 22.8 Å². The van der Waals surface area contributed by atoms with E-state index in [0.29, 0.717) is 5.56 Å². The average Bonchev–Trinajstić information content (AvgIpc) is 2.45. The first kappa shape index (κ1) is 19.0. The van der Waals surface area contributed by atoms with Gasteiger partial charge in [-0.2, -0.15) is 13.2 Å². The van der Waals surface area contributed by atoms with E-state index < -0.39 is 24.3 Å². The van der Waals surface area contributed by atoms with E-state index in [1.807, 2.05) is 0 Å². The molecule has 0 saturated carbocycles. The van der Waals surface area contributed by atoms with Crippen LogP contribution in [0.1, 0.15) is 30.4 Å². The molecule has 0 heterocycles. The van der Waals surface area contributed by atoms with Gasteiger partial charge in [0.1, 0.15) is 6.61 Å². The topological polar surface area (TPSA) is 75.6 Å². The van der Waals surface area contributed by atoms with Gasteiger partial charge in [-0.15, -0.1) is 0 Å². The summed E-state index contributed by atoms with van der Waals surface area (Å²) in [4.78, 5) is 21.9. The quantitative estimate of drug-likeness (QED) is 0.717. The van der Waals surface area contributed by atoms with Gasteiger partial charge in [0.25, 0.3) is 0 Å². The lowest BCUT2D eigenvalue weighted by atomic mass is 9.96. The van der Waals surface area contributed by atoms with Crippen LogP contribution < -0.4 is 5.32 Å². The van der Waals surface area contributed by atoms with Gasteiger partial charge in [-0.1, -0.05) is 19.1 Å². The van der Waals surface area contributed by atoms with Gasteiger partial charge in [-0.05, 0) is 23.6 Å². The maximum Gasteiger partial charge on any atom is 0.416 e. The summed E-state index contributed by atoms with van der Waals surface area (Å²) in [5, 5.41) is 10.9. The fourth-order valence-corrected chi connectivity index (χ4v) is 1.89. The minimum atomic E-state index is -4.38. The molecular formula is C15H18F3NO4. The van der Waals surface area contributed by atoms with Crippen LogP contribution in [0.15, 0.2) is 24.3 Å². The largest absolute Gasteiger partial charge is 0.480 e. The van der Waals surface area contributed by atoms with Crippen LogP contribution in [0, 0.1) is 0 Å². The molecule has 1 aromatic carbocycles. The Kier molecular flexibility index (Phi) is 7.02. The Morgan fingerprint density at radius 1 is 1.26 bits per heavy atom. The predicted molar refractivity (Wildman–Crippen MR) is 75.9 cm³/mol. The molecule has 128 valence electrons. The summed E-state index contributed by atoms with van der Waals surface area (Å²) < 4.78 is 42.2. The normalized spacial score (nSPS) is 12.7. The van der Waals surface area contributed by atoms with Crippen LogP contribution >= 0.6 is 0 Å². The molecule has 2 N–H and O–H groups in total. The Morgan fingerprint density at radius 2 is 1.87 bits per heavy atom. The van der Waals surface area contributed by atoms with Crippen LogP contribution in [-0.4, -0.2) is 36.7 Å². The first-order chi connectivity index (χ1) is 10.7. The molecule has 1 atom stereocenters. The second kappa shape index (κ2) is 8.52. The van der Waals surface area contributed by atoms with Crippen molar-refractivity contribution in [3.63, 3.8) is 0 Å². The first-order valence-electron chi connectivity index (χ1n) is 6.93. The third kappa shape index (κ3) is 7.14. The van der Waals surface area contributed by atoms with Gasteiger partial charge in [-0.25, -0.2) is 4.79 Å². The fraction of sp³-hybridized carbons (Fsp3) is 0.467. The number of halogens is 3. The Balaban J connectivity index is 2.39. The highest BCUT2D eigenvalue weighted by Gasteiger charge is 2.30. The predicted octanol–water partition coefficient (Wildman–Crippen LogP) is 2.42. The van der Waals surface area contributed by atoms with Crippen LogP contribution in [0.5, 0.6) is 0 Å². The van der Waals surface area contributed by atoms with Crippen molar-refractivity contribution < 1.29 is 32.6 Å². The van der Waals surface area contributed by atoms with Crippen molar-refractivity contribution in [2.24, 2.45) is 0 Å². The zero-order valence-electron chi connectivity index (χ0n) is 12.5. The summed E-state index contributed by atoms with van der Waals surface area (Å²) in [6, 6.07) is 4.69. The number of carboxylic acid groups (broad SMARTS) is 1. The van der Waals surface area contributed by atoms with Crippen LogP contribution in [0.2, 0.25) is 0 Å². The fourth-order valence-electron chi connectivity index (χ4n) is 1.89. The molecule has 0 bridgehead atoms. The number of hydrogen-bond donors (Lipinski definition) is 2. The number of benzene rings is 1. The number of hydrogen-bond acceptors (Lipinski definition) is 3. The van der Waals surface area contributed by atoms with Crippen molar-refractivity contribution in [3.05, 3.63) is 35.4 Å². The van der Waals surface area contributed by atoms with Gasteiger partial charge < -0.3 is 15.2 Å². The highest BCUT2D eigenvalue weighted by molar-refractivity contribution is 5.76. The lowest BCUT2D eigenvalue weighted by molar-refractivity contribution is -0.142. The van der Waals surface area contributed by atoms with E-state index >= 15 is 0 Å². The molecule has 1 amide bonds. The molecule has 5 nitrogen and oxygen atoms in total. The Morgan fingerprint density at radius 3 is 2.39 bits per heavy atom. The summed E-state index contributed by atoms with van der Waals surface area (Å²) in [6.07, 6.45) is -4.26. The first-order valence-corrected chi connectivity index (χ1v) is 6.93. The molecule has 8 heteroatoms. The van der Waals surface area contributed by atoms with E-state index in [-0.39, 0.29) is 31.4 Å². The van der Waals surface area contributed by atoms with Gasteiger partial charge in [-0.3, -0.25) is 4.79 Å². The molecule has 0 fully saturated rings. The number of alkyl halides is 3. The molecule has 23 heavy (non-hydrogen) atoms. The molecule has 1 aromatic rings. The number of carbonyl (C=O) groups is 2. The molecule has 0 aliphatic rings. The van der Waals surface area contributed by atoms with E-state index in [0.717, 1.165) is 12.1 Å². The number of aliphatic carboxylic acids is 1. The Bertz CT molecular complexity index is 529. The molecule has 0 saturated heterocycles. The SMILES string of the molecule is CC(CC(=O)NCCOCC(=O)O)c1ccc(C(F)(F)F)cc1. The highest BCUT2D eigenvalue weighted by Crippen LogP contribution is 2.30. The molecule has 0 spiro atoms. The zero-order valence-corrected chi connectivity index (χ0v) is 12.5. The summed E-state index contributed by atoms with van der Waals surface area (Å²) in [7, 11) is 0.